The molecule has 0 amide bonds. The van der Waals surface area contributed by atoms with Gasteiger partial charge < -0.3 is 4.74 Å². The van der Waals surface area contributed by atoms with Gasteiger partial charge in [-0.3, -0.25) is 0 Å². The van der Waals surface area contributed by atoms with E-state index >= 15 is 0 Å². The highest BCUT2D eigenvalue weighted by atomic mass is 16.5. The summed E-state index contributed by atoms with van der Waals surface area (Å²) < 4.78 is 6.72. The van der Waals surface area contributed by atoms with Gasteiger partial charge in [0.15, 0.2) is 0 Å². The fourth-order valence-electron chi connectivity index (χ4n) is 3.90. The monoisotopic (exact) mass is 392 g/mol. The number of aryl methyl sites for hydroxylation is 1. The Hall–Kier alpha value is -3.32. The third kappa shape index (κ3) is 4.16. The van der Waals surface area contributed by atoms with Gasteiger partial charge in [-0.2, -0.15) is 0 Å². The zero-order valence-corrected chi connectivity index (χ0v) is 18.1. The predicted molar refractivity (Wildman–Crippen MR) is 128 cm³/mol. The van der Waals surface area contributed by atoms with Gasteiger partial charge in [0.05, 0.1) is 0 Å². The maximum Gasteiger partial charge on any atom is 0.136 e. The average molecular weight is 393 g/mol. The summed E-state index contributed by atoms with van der Waals surface area (Å²) in [4.78, 5) is 0. The molecule has 0 bridgehead atoms. The highest BCUT2D eigenvalue weighted by Gasteiger charge is 2.24. The number of rotatable bonds is 4. The van der Waals surface area contributed by atoms with Crippen LogP contribution in [0.1, 0.15) is 26.3 Å². The lowest BCUT2D eigenvalue weighted by Gasteiger charge is -2.28. The first-order valence-electron chi connectivity index (χ1n) is 10.5. The average Bonchev–Trinajstić information content (AvgIpc) is 2.74. The molecule has 1 nitrogen and oxygen atoms in total. The van der Waals surface area contributed by atoms with Gasteiger partial charge in [-0.25, -0.2) is 0 Å². The summed E-state index contributed by atoms with van der Waals surface area (Å²) in [5.74, 6) is 0.943. The zero-order valence-electron chi connectivity index (χ0n) is 18.1. The van der Waals surface area contributed by atoms with Crippen molar-refractivity contribution in [3.63, 3.8) is 0 Å². The highest BCUT2D eigenvalue weighted by Crippen LogP contribution is 2.48. The quantitative estimate of drug-likeness (QED) is 0.340. The van der Waals surface area contributed by atoms with Crippen LogP contribution in [-0.4, -0.2) is 5.60 Å². The van der Waals surface area contributed by atoms with E-state index in [4.69, 9.17) is 4.74 Å². The fraction of sp³-hybridized carbons (Fsp3) is 0.172. The van der Waals surface area contributed by atoms with E-state index in [9.17, 15) is 0 Å². The van der Waals surface area contributed by atoms with Gasteiger partial charge in [-0.05, 0) is 61.6 Å². The summed E-state index contributed by atoms with van der Waals surface area (Å²) in [6.45, 7) is 8.52. The SMILES string of the molecule is Cc1cc(-c2ccccc2)c(-c2ccccc2)c(OC(C)(C)C)c1-c1ccccc1. The van der Waals surface area contributed by atoms with Crippen LogP contribution in [0, 0.1) is 6.92 Å². The van der Waals surface area contributed by atoms with E-state index in [-0.39, 0.29) is 5.60 Å². The Morgan fingerprint density at radius 3 is 1.47 bits per heavy atom. The lowest BCUT2D eigenvalue weighted by atomic mass is 9.86. The molecule has 0 heterocycles. The van der Waals surface area contributed by atoms with Crippen molar-refractivity contribution in [2.45, 2.75) is 33.3 Å². The van der Waals surface area contributed by atoms with E-state index in [0.29, 0.717) is 0 Å². The summed E-state index contributed by atoms with van der Waals surface area (Å²) in [6, 6.07) is 34.0. The summed E-state index contributed by atoms with van der Waals surface area (Å²) in [5.41, 5.74) is 7.90. The Bertz CT molecular complexity index is 1120. The number of hydrogen-bond acceptors (Lipinski definition) is 1. The van der Waals surface area contributed by atoms with Crippen LogP contribution >= 0.6 is 0 Å². The van der Waals surface area contributed by atoms with Gasteiger partial charge in [-0.1, -0.05) is 91.0 Å². The molecule has 30 heavy (non-hydrogen) atoms. The maximum atomic E-state index is 6.72. The second-order valence-corrected chi connectivity index (χ2v) is 8.63. The van der Waals surface area contributed by atoms with Crippen LogP contribution < -0.4 is 4.74 Å². The van der Waals surface area contributed by atoms with E-state index in [1.165, 1.54) is 22.3 Å². The van der Waals surface area contributed by atoms with Gasteiger partial charge in [0.1, 0.15) is 11.4 Å². The van der Waals surface area contributed by atoms with Gasteiger partial charge in [0.2, 0.25) is 0 Å². The van der Waals surface area contributed by atoms with Crippen LogP contribution in [-0.2, 0) is 0 Å². The van der Waals surface area contributed by atoms with Crippen LogP contribution in [0.3, 0.4) is 0 Å². The third-order valence-corrected chi connectivity index (χ3v) is 5.10. The second-order valence-electron chi connectivity index (χ2n) is 8.63. The molecule has 0 saturated carbocycles. The Morgan fingerprint density at radius 1 is 0.567 bits per heavy atom. The first kappa shape index (κ1) is 20.0. The maximum absolute atomic E-state index is 6.72. The molecule has 0 aliphatic carbocycles. The molecule has 0 atom stereocenters. The molecule has 0 aliphatic heterocycles. The van der Waals surface area contributed by atoms with E-state index in [1.54, 1.807) is 0 Å². The lowest BCUT2D eigenvalue weighted by Crippen LogP contribution is -2.24. The van der Waals surface area contributed by atoms with Crippen molar-refractivity contribution in [1.29, 1.82) is 0 Å². The van der Waals surface area contributed by atoms with Crippen molar-refractivity contribution in [1.82, 2.24) is 0 Å². The molecular weight excluding hydrogens is 364 g/mol. The van der Waals surface area contributed by atoms with Gasteiger partial charge >= 0.3 is 0 Å². The molecule has 0 radical (unpaired) electrons. The van der Waals surface area contributed by atoms with Crippen molar-refractivity contribution in [3.8, 4) is 39.1 Å². The van der Waals surface area contributed by atoms with Crippen molar-refractivity contribution in [2.75, 3.05) is 0 Å². The van der Waals surface area contributed by atoms with E-state index in [0.717, 1.165) is 22.4 Å². The molecule has 4 rings (SSSR count). The summed E-state index contributed by atoms with van der Waals surface area (Å²) >= 11 is 0. The topological polar surface area (TPSA) is 9.23 Å². The molecule has 1 heteroatoms. The molecule has 0 fully saturated rings. The van der Waals surface area contributed by atoms with E-state index in [2.05, 4.69) is 125 Å². The molecule has 0 N–H and O–H groups in total. The van der Waals surface area contributed by atoms with E-state index in [1.807, 2.05) is 0 Å². The Morgan fingerprint density at radius 2 is 1.00 bits per heavy atom. The zero-order chi connectivity index (χ0) is 21.1. The van der Waals surface area contributed by atoms with Crippen molar-refractivity contribution in [3.05, 3.63) is 103 Å². The molecule has 0 aliphatic rings. The molecule has 0 spiro atoms. The Kier molecular flexibility index (Phi) is 5.46. The van der Waals surface area contributed by atoms with Crippen LogP contribution in [0.2, 0.25) is 0 Å². The first-order chi connectivity index (χ1) is 14.4. The number of hydrogen-bond donors (Lipinski definition) is 0. The molecular formula is C29H28O. The van der Waals surface area contributed by atoms with Crippen LogP contribution in [0.4, 0.5) is 0 Å². The van der Waals surface area contributed by atoms with Gasteiger partial charge in [-0.15, -0.1) is 0 Å². The van der Waals surface area contributed by atoms with E-state index < -0.39 is 0 Å². The van der Waals surface area contributed by atoms with Crippen LogP contribution in [0.15, 0.2) is 97.1 Å². The Balaban J connectivity index is 2.12. The van der Waals surface area contributed by atoms with Crippen molar-refractivity contribution in [2.24, 2.45) is 0 Å². The minimum Gasteiger partial charge on any atom is -0.487 e. The highest BCUT2D eigenvalue weighted by molar-refractivity contribution is 5.94. The lowest BCUT2D eigenvalue weighted by molar-refractivity contribution is 0.132. The Labute approximate surface area is 180 Å². The normalized spacial score (nSPS) is 11.3. The number of ether oxygens (including phenoxy) is 1. The molecule has 4 aromatic carbocycles. The smallest absolute Gasteiger partial charge is 0.136 e. The summed E-state index contributed by atoms with van der Waals surface area (Å²) in [5, 5.41) is 0. The van der Waals surface area contributed by atoms with Gasteiger partial charge in [0, 0.05) is 11.1 Å². The fourth-order valence-corrected chi connectivity index (χ4v) is 3.90. The molecule has 0 unspecified atom stereocenters. The largest absolute Gasteiger partial charge is 0.487 e. The second kappa shape index (κ2) is 8.20. The van der Waals surface area contributed by atoms with Crippen molar-refractivity contribution < 1.29 is 4.74 Å². The van der Waals surface area contributed by atoms with Crippen LogP contribution in [0.25, 0.3) is 33.4 Å². The predicted octanol–water partition coefficient (Wildman–Crippen LogP) is 8.17. The minimum atomic E-state index is -0.325. The van der Waals surface area contributed by atoms with Gasteiger partial charge in [0.25, 0.3) is 0 Å². The summed E-state index contributed by atoms with van der Waals surface area (Å²) in [6.07, 6.45) is 0. The molecule has 150 valence electrons. The first-order valence-corrected chi connectivity index (χ1v) is 10.5. The summed E-state index contributed by atoms with van der Waals surface area (Å²) in [7, 11) is 0. The minimum absolute atomic E-state index is 0.325. The molecule has 4 aromatic rings. The molecule has 0 aromatic heterocycles. The molecule has 0 saturated heterocycles. The number of benzene rings is 4. The van der Waals surface area contributed by atoms with Crippen molar-refractivity contribution >= 4 is 0 Å². The standard InChI is InChI=1S/C29H28O/c1-21-20-25(22-14-8-5-9-15-22)27(24-18-12-7-13-19-24)28(30-29(2,3)4)26(21)23-16-10-6-11-17-23/h5-20H,1-4H3. The van der Waals surface area contributed by atoms with Crippen LogP contribution in [0.5, 0.6) is 5.75 Å². The third-order valence-electron chi connectivity index (χ3n) is 5.10.